The molecule has 0 bridgehead atoms. The Morgan fingerprint density at radius 2 is 2.07 bits per heavy atom. The van der Waals surface area contributed by atoms with Crippen molar-refractivity contribution in [1.82, 2.24) is 10.2 Å². The van der Waals surface area contributed by atoms with Crippen LogP contribution in [0, 0.1) is 0 Å². The number of unbranched alkanes of at least 4 members (excludes halogenated alkanes) is 1. The maximum absolute atomic E-state index is 5.11. The van der Waals surface area contributed by atoms with Crippen LogP contribution in [0.1, 0.15) is 26.7 Å². The molecule has 1 unspecified atom stereocenters. The largest absolute Gasteiger partial charge is 0.383 e. The first-order valence-electron chi connectivity index (χ1n) is 5.62. The predicted octanol–water partition coefficient (Wildman–Crippen LogP) is 1.34. The number of methoxy groups -OCH3 is 1. The lowest BCUT2D eigenvalue weighted by Gasteiger charge is -2.23. The minimum Gasteiger partial charge on any atom is -0.383 e. The lowest BCUT2D eigenvalue weighted by Crippen LogP contribution is -2.37. The van der Waals surface area contributed by atoms with Crippen LogP contribution in [0.2, 0.25) is 0 Å². The van der Waals surface area contributed by atoms with Gasteiger partial charge in [0.2, 0.25) is 0 Å². The number of hydrogen-bond donors (Lipinski definition) is 1. The predicted molar refractivity (Wildman–Crippen MR) is 61.7 cm³/mol. The number of nitrogens with one attached hydrogen (secondary N) is 1. The van der Waals surface area contributed by atoms with Crippen LogP contribution >= 0.6 is 0 Å². The van der Waals surface area contributed by atoms with E-state index in [4.69, 9.17) is 4.74 Å². The molecule has 3 heteroatoms. The van der Waals surface area contributed by atoms with Gasteiger partial charge in [0, 0.05) is 26.2 Å². The SMILES string of the molecule is CCCCNCCN(C)C(C)COC. The topological polar surface area (TPSA) is 24.5 Å². The van der Waals surface area contributed by atoms with Gasteiger partial charge in [-0.1, -0.05) is 13.3 Å². The van der Waals surface area contributed by atoms with E-state index in [2.05, 4.69) is 31.1 Å². The average molecular weight is 202 g/mol. The zero-order valence-corrected chi connectivity index (χ0v) is 10.2. The van der Waals surface area contributed by atoms with Crippen LogP contribution in [0.4, 0.5) is 0 Å². The Balaban J connectivity index is 3.29. The summed E-state index contributed by atoms with van der Waals surface area (Å²) in [6.07, 6.45) is 2.54. The van der Waals surface area contributed by atoms with Crippen molar-refractivity contribution in [3.63, 3.8) is 0 Å². The third-order valence-electron chi connectivity index (χ3n) is 2.51. The van der Waals surface area contributed by atoms with Crippen molar-refractivity contribution in [2.75, 3.05) is 40.4 Å². The van der Waals surface area contributed by atoms with Gasteiger partial charge in [0.05, 0.1) is 6.61 Å². The first kappa shape index (κ1) is 13.9. The second kappa shape index (κ2) is 9.44. The second-order valence-electron chi connectivity index (χ2n) is 3.89. The zero-order chi connectivity index (χ0) is 10.8. The molecular formula is C11H26N2O. The second-order valence-corrected chi connectivity index (χ2v) is 3.89. The Bertz CT molecular complexity index is 120. The first-order valence-corrected chi connectivity index (χ1v) is 5.62. The Morgan fingerprint density at radius 3 is 2.64 bits per heavy atom. The lowest BCUT2D eigenvalue weighted by atomic mass is 10.3. The van der Waals surface area contributed by atoms with Crippen LogP contribution in [-0.2, 0) is 4.74 Å². The molecule has 0 aliphatic carbocycles. The molecule has 0 aromatic rings. The molecule has 14 heavy (non-hydrogen) atoms. The summed E-state index contributed by atoms with van der Waals surface area (Å²) in [5, 5.41) is 3.43. The van der Waals surface area contributed by atoms with Crippen molar-refractivity contribution in [2.45, 2.75) is 32.7 Å². The third-order valence-corrected chi connectivity index (χ3v) is 2.51. The summed E-state index contributed by atoms with van der Waals surface area (Å²) in [6.45, 7) is 8.53. The summed E-state index contributed by atoms with van der Waals surface area (Å²) < 4.78 is 5.11. The monoisotopic (exact) mass is 202 g/mol. The van der Waals surface area contributed by atoms with Crippen molar-refractivity contribution < 1.29 is 4.74 Å². The van der Waals surface area contributed by atoms with Gasteiger partial charge in [-0.25, -0.2) is 0 Å². The van der Waals surface area contributed by atoms with Crippen LogP contribution < -0.4 is 5.32 Å². The standard InChI is InChI=1S/C11H26N2O/c1-5-6-7-12-8-9-13(3)11(2)10-14-4/h11-12H,5-10H2,1-4H3. The fourth-order valence-corrected chi connectivity index (χ4v) is 1.27. The number of ether oxygens (including phenoxy) is 1. The van der Waals surface area contributed by atoms with Crippen molar-refractivity contribution >= 4 is 0 Å². The van der Waals surface area contributed by atoms with Gasteiger partial charge < -0.3 is 15.0 Å². The molecule has 1 N–H and O–H groups in total. The Morgan fingerprint density at radius 1 is 1.36 bits per heavy atom. The highest BCUT2D eigenvalue weighted by Crippen LogP contribution is 1.94. The van der Waals surface area contributed by atoms with E-state index in [1.54, 1.807) is 7.11 Å². The van der Waals surface area contributed by atoms with E-state index in [1.807, 2.05) is 0 Å². The summed E-state index contributed by atoms with van der Waals surface area (Å²) in [5.74, 6) is 0. The fraction of sp³-hybridized carbons (Fsp3) is 1.00. The molecule has 0 aliphatic heterocycles. The normalized spacial score (nSPS) is 13.5. The molecule has 3 nitrogen and oxygen atoms in total. The molecule has 0 aromatic carbocycles. The first-order chi connectivity index (χ1) is 6.72. The highest BCUT2D eigenvalue weighted by Gasteiger charge is 2.06. The van der Waals surface area contributed by atoms with Crippen LogP contribution in [0.25, 0.3) is 0 Å². The molecule has 0 heterocycles. The summed E-state index contributed by atoms with van der Waals surface area (Å²) in [6, 6.07) is 0.507. The average Bonchev–Trinajstić information content (AvgIpc) is 2.17. The highest BCUT2D eigenvalue weighted by atomic mass is 16.5. The molecule has 0 spiro atoms. The molecular weight excluding hydrogens is 176 g/mol. The molecule has 0 radical (unpaired) electrons. The third kappa shape index (κ3) is 7.30. The molecule has 1 atom stereocenters. The zero-order valence-electron chi connectivity index (χ0n) is 10.2. The smallest absolute Gasteiger partial charge is 0.0615 e. The van der Waals surface area contributed by atoms with E-state index in [1.165, 1.54) is 12.8 Å². The van der Waals surface area contributed by atoms with Crippen LogP contribution in [0.3, 0.4) is 0 Å². The molecule has 0 rings (SSSR count). The molecule has 0 fully saturated rings. The van der Waals surface area contributed by atoms with Gasteiger partial charge >= 0.3 is 0 Å². The van der Waals surface area contributed by atoms with E-state index in [-0.39, 0.29) is 0 Å². The van der Waals surface area contributed by atoms with Crippen molar-refractivity contribution in [3.8, 4) is 0 Å². The van der Waals surface area contributed by atoms with Gasteiger partial charge in [-0.2, -0.15) is 0 Å². The number of rotatable bonds is 9. The van der Waals surface area contributed by atoms with Gasteiger partial charge in [0.25, 0.3) is 0 Å². The van der Waals surface area contributed by atoms with Crippen LogP contribution in [-0.4, -0.2) is 51.3 Å². The quantitative estimate of drug-likeness (QED) is 0.571. The lowest BCUT2D eigenvalue weighted by molar-refractivity contribution is 0.116. The Labute approximate surface area is 88.8 Å². The van der Waals surface area contributed by atoms with Crippen molar-refractivity contribution in [1.29, 1.82) is 0 Å². The Kier molecular flexibility index (Phi) is 9.35. The maximum Gasteiger partial charge on any atom is 0.0615 e. The summed E-state index contributed by atoms with van der Waals surface area (Å²) >= 11 is 0. The number of likely N-dealkylation sites (N-methyl/N-ethyl adjacent to an activating group) is 1. The van der Waals surface area contributed by atoms with Crippen LogP contribution in [0.5, 0.6) is 0 Å². The van der Waals surface area contributed by atoms with Gasteiger partial charge in [-0.05, 0) is 26.9 Å². The maximum atomic E-state index is 5.11. The van der Waals surface area contributed by atoms with Gasteiger partial charge in [0.15, 0.2) is 0 Å². The number of hydrogen-bond acceptors (Lipinski definition) is 3. The minimum atomic E-state index is 0.507. The fourth-order valence-electron chi connectivity index (χ4n) is 1.27. The Hall–Kier alpha value is -0.120. The van der Waals surface area contributed by atoms with Crippen LogP contribution in [0.15, 0.2) is 0 Å². The molecule has 86 valence electrons. The number of nitrogens with zero attached hydrogens (tertiary/aromatic N) is 1. The van der Waals surface area contributed by atoms with E-state index in [0.717, 1.165) is 26.2 Å². The van der Waals surface area contributed by atoms with Gasteiger partial charge in [-0.15, -0.1) is 0 Å². The molecule has 0 saturated heterocycles. The molecule has 0 aromatic heterocycles. The summed E-state index contributed by atoms with van der Waals surface area (Å²) in [5.41, 5.74) is 0. The van der Waals surface area contributed by atoms with E-state index in [0.29, 0.717) is 6.04 Å². The van der Waals surface area contributed by atoms with Crippen molar-refractivity contribution in [2.24, 2.45) is 0 Å². The van der Waals surface area contributed by atoms with Crippen molar-refractivity contribution in [3.05, 3.63) is 0 Å². The molecule has 0 amide bonds. The summed E-state index contributed by atoms with van der Waals surface area (Å²) in [4.78, 5) is 2.32. The van der Waals surface area contributed by atoms with E-state index in [9.17, 15) is 0 Å². The van der Waals surface area contributed by atoms with Gasteiger partial charge in [-0.3, -0.25) is 0 Å². The molecule has 0 aliphatic rings. The minimum absolute atomic E-state index is 0.507. The van der Waals surface area contributed by atoms with Gasteiger partial charge in [0.1, 0.15) is 0 Å². The summed E-state index contributed by atoms with van der Waals surface area (Å²) in [7, 11) is 3.90. The highest BCUT2D eigenvalue weighted by molar-refractivity contribution is 4.63. The molecule has 0 saturated carbocycles. The van der Waals surface area contributed by atoms with E-state index < -0.39 is 0 Å². The van der Waals surface area contributed by atoms with E-state index >= 15 is 0 Å².